The molecule has 6 nitrogen and oxygen atoms in total. The van der Waals surface area contributed by atoms with Crippen LogP contribution in [0.3, 0.4) is 0 Å². The predicted molar refractivity (Wildman–Crippen MR) is 102 cm³/mol. The second-order valence-corrected chi connectivity index (χ2v) is 6.35. The Morgan fingerprint density at radius 3 is 2.96 bits per heavy atom. The maximum atomic E-state index is 13.5. The fraction of sp³-hybridized carbons (Fsp3) is 0.400. The van der Waals surface area contributed by atoms with E-state index < -0.39 is 6.17 Å². The van der Waals surface area contributed by atoms with Gasteiger partial charge in [-0.05, 0) is 37.6 Å². The summed E-state index contributed by atoms with van der Waals surface area (Å²) >= 11 is 0. The highest BCUT2D eigenvalue weighted by Gasteiger charge is 2.34. The van der Waals surface area contributed by atoms with E-state index in [4.69, 9.17) is 4.52 Å². The second-order valence-electron chi connectivity index (χ2n) is 6.35. The lowest BCUT2D eigenvalue weighted by molar-refractivity contribution is 0.243. The third-order valence-electron chi connectivity index (χ3n) is 4.30. The van der Waals surface area contributed by atoms with E-state index in [0.717, 1.165) is 17.7 Å². The molecule has 0 aliphatic carbocycles. The standard InChI is InChI=1S/C20H22FN5O/c1-4-5-6-16(22-2)9-7-14-8-10-17(23-12-14)19-24-20(27-25-19)18-11-15(21)13-26(18)3/h5-6,8,10,12,15,18H,4,11,13H2,1-3H3/b6-5-,22-16?. The highest BCUT2D eigenvalue weighted by Crippen LogP contribution is 2.31. The summed E-state index contributed by atoms with van der Waals surface area (Å²) in [5, 5.41) is 3.98. The first-order chi connectivity index (χ1) is 13.1. The lowest BCUT2D eigenvalue weighted by Gasteiger charge is -2.13. The number of rotatable bonds is 4. The van der Waals surface area contributed by atoms with Crippen LogP contribution in [0.5, 0.6) is 0 Å². The number of nitrogens with zero attached hydrogens (tertiary/aromatic N) is 5. The molecule has 1 saturated heterocycles. The molecule has 0 saturated carbocycles. The fourth-order valence-corrected chi connectivity index (χ4v) is 2.84. The summed E-state index contributed by atoms with van der Waals surface area (Å²) in [6.07, 6.45) is 6.01. The van der Waals surface area contributed by atoms with Crippen molar-refractivity contribution in [3.63, 3.8) is 0 Å². The maximum absolute atomic E-state index is 13.5. The number of hydrogen-bond donors (Lipinski definition) is 0. The quantitative estimate of drug-likeness (QED) is 0.613. The van der Waals surface area contributed by atoms with Gasteiger partial charge in [0.1, 0.15) is 17.6 Å². The summed E-state index contributed by atoms with van der Waals surface area (Å²) in [6, 6.07) is 3.45. The molecule has 0 bridgehead atoms. The Morgan fingerprint density at radius 1 is 1.48 bits per heavy atom. The van der Waals surface area contributed by atoms with Gasteiger partial charge >= 0.3 is 0 Å². The summed E-state index contributed by atoms with van der Waals surface area (Å²) in [4.78, 5) is 14.8. The number of aliphatic imine (C=N–C) groups is 1. The molecule has 140 valence electrons. The van der Waals surface area contributed by atoms with Gasteiger partial charge in [-0.3, -0.25) is 14.9 Å². The van der Waals surface area contributed by atoms with Crippen molar-refractivity contribution in [3.8, 4) is 23.4 Å². The lowest BCUT2D eigenvalue weighted by atomic mass is 10.2. The second kappa shape index (κ2) is 8.69. The minimum absolute atomic E-state index is 0.186. The van der Waals surface area contributed by atoms with E-state index in [1.165, 1.54) is 0 Å². The lowest BCUT2D eigenvalue weighted by Crippen LogP contribution is -2.18. The van der Waals surface area contributed by atoms with Crippen LogP contribution in [0, 0.1) is 11.8 Å². The number of aromatic nitrogens is 3. The third kappa shape index (κ3) is 4.66. The summed E-state index contributed by atoms with van der Waals surface area (Å²) in [6.45, 7) is 2.44. The van der Waals surface area contributed by atoms with Gasteiger partial charge in [0.15, 0.2) is 0 Å². The van der Waals surface area contributed by atoms with Gasteiger partial charge < -0.3 is 4.52 Å². The van der Waals surface area contributed by atoms with Crippen LogP contribution < -0.4 is 0 Å². The molecule has 2 aromatic rings. The van der Waals surface area contributed by atoms with Crippen LogP contribution in [0.4, 0.5) is 4.39 Å². The van der Waals surface area contributed by atoms with Gasteiger partial charge in [-0.25, -0.2) is 4.39 Å². The van der Waals surface area contributed by atoms with Crippen LogP contribution in [0.25, 0.3) is 11.5 Å². The van der Waals surface area contributed by atoms with E-state index in [-0.39, 0.29) is 6.04 Å². The first-order valence-corrected chi connectivity index (χ1v) is 8.90. The average Bonchev–Trinajstić information content (AvgIpc) is 3.28. The number of allylic oxidation sites excluding steroid dienone is 2. The average molecular weight is 367 g/mol. The molecule has 0 radical (unpaired) electrons. The Balaban J connectivity index is 1.72. The number of pyridine rings is 1. The molecule has 0 amide bonds. The van der Waals surface area contributed by atoms with Gasteiger partial charge in [0.05, 0.1) is 6.04 Å². The largest absolute Gasteiger partial charge is 0.337 e. The van der Waals surface area contributed by atoms with Crippen molar-refractivity contribution >= 4 is 5.71 Å². The van der Waals surface area contributed by atoms with Gasteiger partial charge in [-0.2, -0.15) is 4.98 Å². The molecular weight excluding hydrogens is 345 g/mol. The van der Waals surface area contributed by atoms with Gasteiger partial charge in [0.2, 0.25) is 11.7 Å². The molecule has 0 aromatic carbocycles. The molecule has 27 heavy (non-hydrogen) atoms. The van der Waals surface area contributed by atoms with Crippen LogP contribution in [0.2, 0.25) is 0 Å². The van der Waals surface area contributed by atoms with Crippen molar-refractivity contribution < 1.29 is 8.91 Å². The zero-order chi connectivity index (χ0) is 19.2. The Morgan fingerprint density at radius 2 is 2.33 bits per heavy atom. The molecular formula is C20H22FN5O. The molecule has 1 aliphatic heterocycles. The monoisotopic (exact) mass is 367 g/mol. The first-order valence-electron chi connectivity index (χ1n) is 8.90. The van der Waals surface area contributed by atoms with E-state index >= 15 is 0 Å². The molecule has 7 heteroatoms. The number of halogens is 1. The van der Waals surface area contributed by atoms with Crippen molar-refractivity contribution in [1.82, 2.24) is 20.0 Å². The molecule has 2 atom stereocenters. The fourth-order valence-electron chi connectivity index (χ4n) is 2.84. The minimum atomic E-state index is -0.866. The zero-order valence-corrected chi connectivity index (χ0v) is 15.7. The third-order valence-corrected chi connectivity index (χ3v) is 4.30. The molecule has 3 heterocycles. The molecule has 2 unspecified atom stereocenters. The minimum Gasteiger partial charge on any atom is -0.337 e. The molecule has 2 aromatic heterocycles. The Kier molecular flexibility index (Phi) is 6.09. The summed E-state index contributed by atoms with van der Waals surface area (Å²) < 4.78 is 18.9. The van der Waals surface area contributed by atoms with E-state index in [9.17, 15) is 4.39 Å². The highest BCUT2D eigenvalue weighted by molar-refractivity contribution is 6.08. The smallest absolute Gasteiger partial charge is 0.244 e. The SMILES string of the molecule is CC/C=C\C(C#Cc1ccc(-c2noc(C3CC(F)CN3C)n2)nc1)=NC. The highest BCUT2D eigenvalue weighted by atomic mass is 19.1. The van der Waals surface area contributed by atoms with Gasteiger partial charge in [0, 0.05) is 31.8 Å². The Hall–Kier alpha value is -2.85. The normalized spacial score (nSPS) is 20.8. The van der Waals surface area contributed by atoms with Crippen molar-refractivity contribution in [3.05, 3.63) is 41.9 Å². The van der Waals surface area contributed by atoms with Crippen molar-refractivity contribution in [2.75, 3.05) is 20.6 Å². The van der Waals surface area contributed by atoms with Crippen molar-refractivity contribution in [1.29, 1.82) is 0 Å². The van der Waals surface area contributed by atoms with E-state index in [1.54, 1.807) is 19.3 Å². The summed E-state index contributed by atoms with van der Waals surface area (Å²) in [5.74, 6) is 6.86. The van der Waals surface area contributed by atoms with E-state index in [0.29, 0.717) is 30.4 Å². The molecule has 0 spiro atoms. The number of alkyl halides is 1. The first kappa shape index (κ1) is 18.9. The summed E-state index contributed by atoms with van der Waals surface area (Å²) in [7, 11) is 3.56. The molecule has 3 rings (SSSR count). The maximum Gasteiger partial charge on any atom is 0.244 e. The van der Waals surface area contributed by atoms with Crippen molar-refractivity contribution in [2.45, 2.75) is 32.0 Å². The predicted octanol–water partition coefficient (Wildman–Crippen LogP) is 3.23. The van der Waals surface area contributed by atoms with Crippen LogP contribution in [-0.2, 0) is 0 Å². The molecule has 1 aliphatic rings. The van der Waals surface area contributed by atoms with Crippen LogP contribution in [0.15, 0.2) is 40.0 Å². The van der Waals surface area contributed by atoms with E-state index in [2.05, 4.69) is 38.9 Å². The van der Waals surface area contributed by atoms with Gasteiger partial charge in [0.25, 0.3) is 0 Å². The van der Waals surface area contributed by atoms with Crippen LogP contribution in [-0.4, -0.2) is 52.5 Å². The molecule has 0 N–H and O–H groups in total. The van der Waals surface area contributed by atoms with Gasteiger partial charge in [-0.1, -0.05) is 24.1 Å². The Bertz CT molecular complexity index is 891. The summed E-state index contributed by atoms with van der Waals surface area (Å²) in [5.41, 5.74) is 2.07. The van der Waals surface area contributed by atoms with Crippen LogP contribution >= 0.6 is 0 Å². The number of likely N-dealkylation sites (tertiary alicyclic amines) is 1. The van der Waals surface area contributed by atoms with Crippen LogP contribution in [0.1, 0.15) is 37.3 Å². The zero-order valence-electron chi connectivity index (χ0n) is 15.7. The van der Waals surface area contributed by atoms with Crippen molar-refractivity contribution in [2.24, 2.45) is 4.99 Å². The molecule has 1 fully saturated rings. The topological polar surface area (TPSA) is 67.4 Å². The van der Waals surface area contributed by atoms with Gasteiger partial charge in [-0.15, -0.1) is 0 Å². The van der Waals surface area contributed by atoms with E-state index in [1.807, 2.05) is 30.2 Å². The number of hydrogen-bond acceptors (Lipinski definition) is 6. The Labute approximate surface area is 158 Å².